The predicted octanol–water partition coefficient (Wildman–Crippen LogP) is 3.25. The molecule has 0 radical (unpaired) electrons. The number of hydrogen-bond donors (Lipinski definition) is 1. The Morgan fingerprint density at radius 3 is 2.46 bits per heavy atom. The van der Waals surface area contributed by atoms with Gasteiger partial charge in [-0.3, -0.25) is 4.79 Å². The lowest BCUT2D eigenvalue weighted by Crippen LogP contribution is -2.51. The molecule has 1 unspecified atom stereocenters. The van der Waals surface area contributed by atoms with Crippen molar-refractivity contribution in [1.29, 1.82) is 0 Å². The van der Waals surface area contributed by atoms with Crippen molar-refractivity contribution >= 4 is 17.7 Å². The van der Waals surface area contributed by atoms with Crippen LogP contribution in [0.5, 0.6) is 0 Å². The van der Waals surface area contributed by atoms with E-state index >= 15 is 0 Å². The molecule has 1 aromatic rings. The van der Waals surface area contributed by atoms with Crippen LogP contribution in [-0.2, 0) is 21.4 Å². The summed E-state index contributed by atoms with van der Waals surface area (Å²) in [4.78, 5) is 26.3. The zero-order valence-corrected chi connectivity index (χ0v) is 15.5. The fourth-order valence-electron chi connectivity index (χ4n) is 2.96. The van der Waals surface area contributed by atoms with Gasteiger partial charge in [0.15, 0.2) is 0 Å². The molecule has 0 bridgehead atoms. The van der Waals surface area contributed by atoms with Crippen molar-refractivity contribution < 1.29 is 14.3 Å². The lowest BCUT2D eigenvalue weighted by atomic mass is 9.86. The molecule has 0 saturated heterocycles. The number of benzene rings is 1. The molecular formula is C19H28N2O3. The third-order valence-electron chi connectivity index (χ3n) is 4.50. The Morgan fingerprint density at radius 2 is 1.92 bits per heavy atom. The van der Waals surface area contributed by atoms with Crippen molar-refractivity contribution in [3.63, 3.8) is 0 Å². The number of carbonyl (C=O) groups is 2. The van der Waals surface area contributed by atoms with Gasteiger partial charge < -0.3 is 15.0 Å². The minimum absolute atomic E-state index is 0.0190. The maximum atomic E-state index is 12.9. The first-order valence-electron chi connectivity index (χ1n) is 8.44. The first-order chi connectivity index (χ1) is 11.1. The Kier molecular flexibility index (Phi) is 5.21. The topological polar surface area (TPSA) is 58.6 Å². The third-order valence-corrected chi connectivity index (χ3v) is 4.50. The molecule has 0 spiro atoms. The van der Waals surface area contributed by atoms with E-state index in [1.54, 1.807) is 4.90 Å². The van der Waals surface area contributed by atoms with Gasteiger partial charge in [0.2, 0.25) is 5.91 Å². The summed E-state index contributed by atoms with van der Waals surface area (Å²) in [5, 5.41) is 2.66. The van der Waals surface area contributed by atoms with Crippen LogP contribution >= 0.6 is 0 Å². The molecule has 0 saturated carbocycles. The molecular weight excluding hydrogens is 304 g/mol. The van der Waals surface area contributed by atoms with Crippen LogP contribution in [0.15, 0.2) is 18.2 Å². The number of methoxy groups -OCH3 is 1. The van der Waals surface area contributed by atoms with Crippen molar-refractivity contribution in [3.8, 4) is 0 Å². The number of hydrogen-bond acceptors (Lipinski definition) is 3. The maximum Gasteiger partial charge on any atom is 0.407 e. The van der Waals surface area contributed by atoms with E-state index in [1.807, 2.05) is 19.9 Å². The third kappa shape index (κ3) is 3.71. The number of ether oxygens (including phenoxy) is 1. The second-order valence-electron chi connectivity index (χ2n) is 7.69. The fourth-order valence-corrected chi connectivity index (χ4v) is 2.96. The molecule has 1 aliphatic heterocycles. The highest BCUT2D eigenvalue weighted by Crippen LogP contribution is 2.33. The molecule has 1 atom stereocenters. The monoisotopic (exact) mass is 332 g/mol. The zero-order chi connectivity index (χ0) is 18.1. The van der Waals surface area contributed by atoms with Crippen molar-refractivity contribution in [2.75, 3.05) is 18.6 Å². The Labute approximate surface area is 144 Å². The maximum absolute atomic E-state index is 12.9. The molecule has 1 heterocycles. The van der Waals surface area contributed by atoms with E-state index in [4.69, 9.17) is 0 Å². The second-order valence-corrected chi connectivity index (χ2v) is 7.69. The molecule has 0 fully saturated rings. The molecule has 1 aromatic carbocycles. The van der Waals surface area contributed by atoms with E-state index in [2.05, 4.69) is 43.0 Å². The van der Waals surface area contributed by atoms with E-state index < -0.39 is 12.1 Å². The number of rotatable bonds is 3. The molecule has 5 heteroatoms. The van der Waals surface area contributed by atoms with Crippen LogP contribution in [0.4, 0.5) is 10.5 Å². The van der Waals surface area contributed by atoms with Gasteiger partial charge in [0.25, 0.3) is 0 Å². The minimum Gasteiger partial charge on any atom is -0.453 e. The number of alkyl carbamates (subject to hydrolysis) is 1. The van der Waals surface area contributed by atoms with Gasteiger partial charge >= 0.3 is 6.09 Å². The van der Waals surface area contributed by atoms with Gasteiger partial charge in [0, 0.05) is 12.2 Å². The number of nitrogens with one attached hydrogen (secondary N) is 1. The summed E-state index contributed by atoms with van der Waals surface area (Å²) in [7, 11) is 1.30. The Hall–Kier alpha value is -2.04. The average molecular weight is 332 g/mol. The Morgan fingerprint density at radius 1 is 1.25 bits per heavy atom. The van der Waals surface area contributed by atoms with Gasteiger partial charge in [-0.25, -0.2) is 4.79 Å². The SMILES string of the molecule is COC(=O)NC(C(=O)N1CCc2cc(C(C)(C)C)ccc21)C(C)C. The number of nitrogens with zero attached hydrogens (tertiary/aromatic N) is 1. The highest BCUT2D eigenvalue weighted by Gasteiger charge is 2.33. The van der Waals surface area contributed by atoms with Crippen molar-refractivity contribution in [2.24, 2.45) is 5.92 Å². The minimum atomic E-state index is -0.592. The molecule has 24 heavy (non-hydrogen) atoms. The number of anilines is 1. The zero-order valence-electron chi connectivity index (χ0n) is 15.5. The van der Waals surface area contributed by atoms with Crippen LogP contribution in [-0.4, -0.2) is 31.7 Å². The van der Waals surface area contributed by atoms with Crippen LogP contribution in [0, 0.1) is 5.92 Å². The van der Waals surface area contributed by atoms with E-state index in [0.717, 1.165) is 12.1 Å². The summed E-state index contributed by atoms with van der Waals surface area (Å²) in [6.45, 7) is 11.0. The van der Waals surface area contributed by atoms with Crippen molar-refractivity contribution in [3.05, 3.63) is 29.3 Å². The molecule has 1 N–H and O–H groups in total. The van der Waals surface area contributed by atoms with Gasteiger partial charge in [-0.1, -0.05) is 46.8 Å². The van der Waals surface area contributed by atoms with Gasteiger partial charge in [-0.15, -0.1) is 0 Å². The van der Waals surface area contributed by atoms with Gasteiger partial charge in [-0.05, 0) is 34.9 Å². The smallest absolute Gasteiger partial charge is 0.407 e. The summed E-state index contributed by atoms with van der Waals surface area (Å²) >= 11 is 0. The summed E-state index contributed by atoms with van der Waals surface area (Å²) in [6.07, 6.45) is 0.262. The highest BCUT2D eigenvalue weighted by molar-refractivity contribution is 6.00. The molecule has 132 valence electrons. The first kappa shape index (κ1) is 18.3. The molecule has 2 rings (SSSR count). The summed E-state index contributed by atoms with van der Waals surface area (Å²) in [5.74, 6) is -0.104. The largest absolute Gasteiger partial charge is 0.453 e. The summed E-state index contributed by atoms with van der Waals surface area (Å²) in [6, 6.07) is 5.71. The lowest BCUT2D eigenvalue weighted by molar-refractivity contribution is -0.121. The highest BCUT2D eigenvalue weighted by atomic mass is 16.5. The van der Waals surface area contributed by atoms with Crippen LogP contribution in [0.25, 0.3) is 0 Å². The Bertz CT molecular complexity index is 632. The van der Waals surface area contributed by atoms with E-state index in [0.29, 0.717) is 6.54 Å². The van der Waals surface area contributed by atoms with Crippen LogP contribution in [0.3, 0.4) is 0 Å². The van der Waals surface area contributed by atoms with Crippen molar-refractivity contribution in [1.82, 2.24) is 5.32 Å². The summed E-state index contributed by atoms with van der Waals surface area (Å²) in [5.41, 5.74) is 3.49. The Balaban J connectivity index is 2.26. The number of amides is 2. The number of fused-ring (bicyclic) bond motifs is 1. The number of carbonyl (C=O) groups excluding carboxylic acids is 2. The fraction of sp³-hybridized carbons (Fsp3) is 0.579. The van der Waals surface area contributed by atoms with Crippen molar-refractivity contribution in [2.45, 2.75) is 52.5 Å². The van der Waals surface area contributed by atoms with Gasteiger partial charge in [-0.2, -0.15) is 0 Å². The van der Waals surface area contributed by atoms with Gasteiger partial charge in [0.05, 0.1) is 7.11 Å². The molecule has 2 amide bonds. The van der Waals surface area contributed by atoms with Crippen LogP contribution < -0.4 is 10.2 Å². The first-order valence-corrected chi connectivity index (χ1v) is 8.44. The molecule has 5 nitrogen and oxygen atoms in total. The standard InChI is InChI=1S/C19H28N2O3/c1-12(2)16(20-18(23)24-6)17(22)21-10-9-13-11-14(19(3,4)5)7-8-15(13)21/h7-8,11-12,16H,9-10H2,1-6H3,(H,20,23). The normalized spacial score (nSPS) is 15.2. The molecule has 1 aliphatic rings. The lowest BCUT2D eigenvalue weighted by Gasteiger charge is -2.27. The van der Waals surface area contributed by atoms with E-state index in [9.17, 15) is 9.59 Å². The van der Waals surface area contributed by atoms with E-state index in [1.165, 1.54) is 18.2 Å². The molecule has 0 aliphatic carbocycles. The molecule has 0 aromatic heterocycles. The van der Waals surface area contributed by atoms with E-state index in [-0.39, 0.29) is 17.2 Å². The quantitative estimate of drug-likeness (QED) is 0.924. The van der Waals surface area contributed by atoms with Gasteiger partial charge in [0.1, 0.15) is 6.04 Å². The second kappa shape index (κ2) is 6.83. The summed E-state index contributed by atoms with van der Waals surface area (Å²) < 4.78 is 4.65. The van der Waals surface area contributed by atoms with Crippen LogP contribution in [0.1, 0.15) is 45.7 Å². The van der Waals surface area contributed by atoms with Crippen LogP contribution in [0.2, 0.25) is 0 Å². The average Bonchev–Trinajstić information content (AvgIpc) is 2.93. The predicted molar refractivity (Wildman–Crippen MR) is 95.4 cm³/mol.